The van der Waals surface area contributed by atoms with Crippen molar-refractivity contribution in [2.24, 2.45) is 0 Å². The minimum atomic E-state index is -0.464. The number of benzene rings is 1. The fraction of sp³-hybridized carbons (Fsp3) is 0.214. The number of hydrogen-bond donors (Lipinski definition) is 2. The van der Waals surface area contributed by atoms with E-state index in [1.165, 1.54) is 7.11 Å². The quantitative estimate of drug-likeness (QED) is 0.724. The predicted octanol–water partition coefficient (Wildman–Crippen LogP) is 2.66. The summed E-state index contributed by atoms with van der Waals surface area (Å²) < 4.78 is 4.68. The number of nitrogens with zero attached hydrogens (tertiary/aromatic N) is 2. The number of aromatic amines is 1. The van der Waals surface area contributed by atoms with Gasteiger partial charge in [0.15, 0.2) is 0 Å². The third-order valence-electron chi connectivity index (χ3n) is 3.07. The normalized spacial score (nSPS) is 12.3. The molecule has 0 saturated carbocycles. The van der Waals surface area contributed by atoms with Crippen LogP contribution < -0.4 is 5.32 Å². The highest BCUT2D eigenvalue weighted by molar-refractivity contribution is 7.13. The van der Waals surface area contributed by atoms with Gasteiger partial charge in [0, 0.05) is 17.1 Å². The van der Waals surface area contributed by atoms with E-state index in [-0.39, 0.29) is 5.97 Å². The van der Waals surface area contributed by atoms with Crippen molar-refractivity contribution in [1.82, 2.24) is 15.0 Å². The average Bonchev–Trinajstić information content (AvgIpc) is 3.14. The van der Waals surface area contributed by atoms with Gasteiger partial charge in [-0.3, -0.25) is 0 Å². The highest BCUT2D eigenvalue weighted by Crippen LogP contribution is 2.25. The molecule has 2 N–H and O–H groups in total. The van der Waals surface area contributed by atoms with Crippen LogP contribution in [0.15, 0.2) is 29.8 Å². The number of rotatable bonds is 4. The van der Waals surface area contributed by atoms with Crippen molar-refractivity contribution in [3.05, 3.63) is 29.8 Å². The Balaban J connectivity index is 1.88. The smallest absolute Gasteiger partial charge is 0.328 e. The molecule has 1 unspecified atom stereocenters. The zero-order valence-electron chi connectivity index (χ0n) is 11.6. The monoisotopic (exact) mass is 302 g/mol. The summed E-state index contributed by atoms with van der Waals surface area (Å²) in [4.78, 5) is 23.3. The van der Waals surface area contributed by atoms with Crippen LogP contribution in [0.1, 0.15) is 6.92 Å². The summed E-state index contributed by atoms with van der Waals surface area (Å²) in [6.45, 7) is 1.72. The third kappa shape index (κ3) is 2.73. The second-order valence-electron chi connectivity index (χ2n) is 4.54. The van der Waals surface area contributed by atoms with E-state index in [0.29, 0.717) is 5.95 Å². The van der Waals surface area contributed by atoms with Crippen LogP contribution in [0.5, 0.6) is 0 Å². The van der Waals surface area contributed by atoms with Crippen LogP contribution in [0.4, 0.5) is 5.95 Å². The van der Waals surface area contributed by atoms with Gasteiger partial charge in [-0.2, -0.15) is 0 Å². The third-order valence-corrected chi connectivity index (χ3v) is 3.89. The lowest BCUT2D eigenvalue weighted by Crippen LogP contribution is -2.27. The first-order valence-corrected chi connectivity index (χ1v) is 7.29. The first kappa shape index (κ1) is 13.6. The van der Waals surface area contributed by atoms with Crippen molar-refractivity contribution in [2.75, 3.05) is 12.4 Å². The van der Waals surface area contributed by atoms with Crippen LogP contribution in [-0.4, -0.2) is 34.1 Å². The number of esters is 1. The van der Waals surface area contributed by atoms with Gasteiger partial charge in [0.2, 0.25) is 5.95 Å². The molecule has 2 aromatic heterocycles. The van der Waals surface area contributed by atoms with Crippen molar-refractivity contribution in [3.63, 3.8) is 0 Å². The van der Waals surface area contributed by atoms with Crippen molar-refractivity contribution in [1.29, 1.82) is 0 Å². The molecule has 0 saturated heterocycles. The molecule has 0 amide bonds. The van der Waals surface area contributed by atoms with Gasteiger partial charge < -0.3 is 15.0 Å². The number of thiazole rings is 1. The number of hydrogen-bond acceptors (Lipinski definition) is 6. The van der Waals surface area contributed by atoms with Crippen LogP contribution in [0.25, 0.3) is 21.6 Å². The topological polar surface area (TPSA) is 79.9 Å². The number of carbonyl (C=O) groups excluding carboxylic acids is 1. The van der Waals surface area contributed by atoms with Crippen LogP contribution in [0, 0.1) is 0 Å². The van der Waals surface area contributed by atoms with Crippen LogP contribution in [0.2, 0.25) is 0 Å². The van der Waals surface area contributed by atoms with Crippen LogP contribution in [0.3, 0.4) is 0 Å². The molecule has 3 aromatic rings. The maximum atomic E-state index is 11.4. The van der Waals surface area contributed by atoms with Crippen LogP contribution in [-0.2, 0) is 9.53 Å². The fourth-order valence-electron chi connectivity index (χ4n) is 2.02. The van der Waals surface area contributed by atoms with E-state index in [1.54, 1.807) is 24.5 Å². The molecule has 1 atom stereocenters. The molecule has 3 rings (SSSR count). The molecule has 0 fully saturated rings. The van der Waals surface area contributed by atoms with E-state index < -0.39 is 6.04 Å². The lowest BCUT2D eigenvalue weighted by Gasteiger charge is -2.09. The molecule has 0 radical (unpaired) electrons. The Morgan fingerprint density at radius 1 is 1.48 bits per heavy atom. The Morgan fingerprint density at radius 2 is 2.33 bits per heavy atom. The van der Waals surface area contributed by atoms with Gasteiger partial charge in [0.25, 0.3) is 0 Å². The second kappa shape index (κ2) is 5.53. The van der Waals surface area contributed by atoms with Crippen LogP contribution >= 0.6 is 11.3 Å². The van der Waals surface area contributed by atoms with E-state index in [1.807, 2.05) is 23.6 Å². The molecule has 0 aliphatic carbocycles. The fourth-order valence-corrected chi connectivity index (χ4v) is 2.65. The Morgan fingerprint density at radius 3 is 3.05 bits per heavy atom. The summed E-state index contributed by atoms with van der Waals surface area (Å²) in [6, 6.07) is 5.44. The van der Waals surface area contributed by atoms with Crippen molar-refractivity contribution in [2.45, 2.75) is 13.0 Å². The minimum absolute atomic E-state index is 0.334. The molecular weight excluding hydrogens is 288 g/mol. The summed E-state index contributed by atoms with van der Waals surface area (Å²) in [5, 5.41) is 5.89. The lowest BCUT2D eigenvalue weighted by molar-refractivity contribution is -0.141. The highest BCUT2D eigenvalue weighted by Gasteiger charge is 2.14. The molecule has 0 bridgehead atoms. The number of nitrogens with one attached hydrogen (secondary N) is 2. The van der Waals surface area contributed by atoms with Gasteiger partial charge in [-0.1, -0.05) is 0 Å². The minimum Gasteiger partial charge on any atom is -0.467 e. The van der Waals surface area contributed by atoms with E-state index >= 15 is 0 Å². The molecule has 1 aromatic carbocycles. The molecule has 0 aliphatic rings. The van der Waals surface area contributed by atoms with Gasteiger partial charge in [-0.05, 0) is 25.1 Å². The number of carbonyl (C=O) groups is 1. The van der Waals surface area contributed by atoms with Crippen molar-refractivity contribution < 1.29 is 9.53 Å². The van der Waals surface area contributed by atoms with Gasteiger partial charge in [0.05, 0.1) is 18.1 Å². The molecule has 0 spiro atoms. The Hall–Kier alpha value is -2.41. The second-order valence-corrected chi connectivity index (χ2v) is 5.44. The van der Waals surface area contributed by atoms with Gasteiger partial charge in [-0.25, -0.2) is 14.8 Å². The number of H-pyrrole nitrogens is 1. The summed E-state index contributed by atoms with van der Waals surface area (Å²) in [6.07, 6.45) is 1.78. The maximum absolute atomic E-state index is 11.4. The number of ether oxygens (including phenoxy) is 1. The summed E-state index contributed by atoms with van der Waals surface area (Å²) in [5.41, 5.74) is 2.76. The number of aromatic nitrogens is 3. The Bertz CT molecular complexity index is 766. The largest absolute Gasteiger partial charge is 0.467 e. The van der Waals surface area contributed by atoms with E-state index in [4.69, 9.17) is 0 Å². The standard InChI is InChI=1S/C14H14N4O2S/c1-8(13(19)20-2)16-14-17-10-4-3-9(7-11(10)18-14)12-15-5-6-21-12/h3-8H,1-2H3,(H2,16,17,18). The van der Waals surface area contributed by atoms with E-state index in [9.17, 15) is 4.79 Å². The molecule has 7 heteroatoms. The predicted molar refractivity (Wildman–Crippen MR) is 82.3 cm³/mol. The average molecular weight is 302 g/mol. The first-order chi connectivity index (χ1) is 10.2. The van der Waals surface area contributed by atoms with Crippen molar-refractivity contribution in [3.8, 4) is 10.6 Å². The van der Waals surface area contributed by atoms with Crippen molar-refractivity contribution >= 4 is 34.3 Å². The molecule has 2 heterocycles. The Kier molecular flexibility index (Phi) is 3.57. The molecule has 108 valence electrons. The number of fused-ring (bicyclic) bond motifs is 1. The molecule has 0 aliphatic heterocycles. The van der Waals surface area contributed by atoms with Gasteiger partial charge in [0.1, 0.15) is 11.0 Å². The number of imidazole rings is 1. The van der Waals surface area contributed by atoms with E-state index in [0.717, 1.165) is 21.6 Å². The molecule has 6 nitrogen and oxygen atoms in total. The first-order valence-electron chi connectivity index (χ1n) is 6.41. The molecular formula is C14H14N4O2S. The van der Waals surface area contributed by atoms with E-state index in [2.05, 4.69) is 25.0 Å². The SMILES string of the molecule is COC(=O)C(C)Nc1nc2ccc(-c3nccs3)cc2[nH]1. The van der Waals surface area contributed by atoms with Gasteiger partial charge >= 0.3 is 5.97 Å². The molecule has 21 heavy (non-hydrogen) atoms. The maximum Gasteiger partial charge on any atom is 0.328 e. The highest BCUT2D eigenvalue weighted by atomic mass is 32.1. The summed E-state index contributed by atoms with van der Waals surface area (Å²) in [5.74, 6) is 0.207. The zero-order chi connectivity index (χ0) is 14.8. The Labute approximate surface area is 125 Å². The van der Waals surface area contributed by atoms with Gasteiger partial charge in [-0.15, -0.1) is 11.3 Å². The number of methoxy groups -OCH3 is 1. The number of anilines is 1. The summed E-state index contributed by atoms with van der Waals surface area (Å²) in [7, 11) is 1.36. The zero-order valence-corrected chi connectivity index (χ0v) is 12.4. The summed E-state index contributed by atoms with van der Waals surface area (Å²) >= 11 is 1.59. The lowest BCUT2D eigenvalue weighted by atomic mass is 10.2.